The molecule has 0 spiro atoms. The lowest BCUT2D eigenvalue weighted by Gasteiger charge is -2.24. The van der Waals surface area contributed by atoms with Crippen molar-refractivity contribution in [3.05, 3.63) is 65.3 Å². The molecule has 3 N–H and O–H groups in total. The summed E-state index contributed by atoms with van der Waals surface area (Å²) in [5, 5.41) is 21.0. The molecule has 0 amide bonds. The summed E-state index contributed by atoms with van der Waals surface area (Å²) in [6.45, 7) is 3.08. The first-order valence-corrected chi connectivity index (χ1v) is 8.63. The van der Waals surface area contributed by atoms with Crippen molar-refractivity contribution in [3.63, 3.8) is 0 Å². The largest absolute Gasteiger partial charge is 0.490 e. The normalized spacial score (nSPS) is 16.0. The number of aromatic nitrogens is 2. The third-order valence-electron chi connectivity index (χ3n) is 4.26. The molecule has 0 bridgehead atoms. The summed E-state index contributed by atoms with van der Waals surface area (Å²) in [6.07, 6.45) is 0.737. The van der Waals surface area contributed by atoms with Crippen LogP contribution in [0.25, 0.3) is 5.57 Å². The van der Waals surface area contributed by atoms with E-state index in [2.05, 4.69) is 15.3 Å². The number of carbonyl (C=O) groups is 1. The van der Waals surface area contributed by atoms with Crippen molar-refractivity contribution in [2.24, 2.45) is 0 Å². The van der Waals surface area contributed by atoms with Crippen molar-refractivity contribution >= 4 is 11.5 Å². The second-order valence-electron chi connectivity index (χ2n) is 6.48. The lowest BCUT2D eigenvalue weighted by Crippen LogP contribution is -2.25. The van der Waals surface area contributed by atoms with Gasteiger partial charge >= 0.3 is 12.1 Å². The van der Waals surface area contributed by atoms with Gasteiger partial charge in [-0.05, 0) is 37.6 Å². The fourth-order valence-corrected chi connectivity index (χ4v) is 2.61. The van der Waals surface area contributed by atoms with Gasteiger partial charge in [-0.25, -0.2) is 23.5 Å². The van der Waals surface area contributed by atoms with E-state index < -0.39 is 29.4 Å². The summed E-state index contributed by atoms with van der Waals surface area (Å²) in [5.41, 5.74) is -0.265. The summed E-state index contributed by atoms with van der Waals surface area (Å²) in [4.78, 5) is 17.5. The molecule has 3 rings (SSSR count). The monoisotopic (exact) mass is 431 g/mol. The zero-order valence-corrected chi connectivity index (χ0v) is 15.7. The lowest BCUT2D eigenvalue weighted by atomic mass is 9.89. The molecule has 11 heteroatoms. The highest BCUT2D eigenvalue weighted by molar-refractivity contribution is 5.73. The second-order valence-corrected chi connectivity index (χ2v) is 6.48. The van der Waals surface area contributed by atoms with E-state index in [-0.39, 0.29) is 5.56 Å². The van der Waals surface area contributed by atoms with Crippen LogP contribution in [0.4, 0.5) is 22.0 Å². The van der Waals surface area contributed by atoms with Crippen molar-refractivity contribution in [2.75, 3.05) is 13.1 Å². The quantitative estimate of drug-likeness (QED) is 0.647. The molecule has 2 aromatic rings. The van der Waals surface area contributed by atoms with Gasteiger partial charge < -0.3 is 15.5 Å². The number of carboxylic acid groups (broad SMARTS) is 1. The Morgan fingerprint density at radius 1 is 1.17 bits per heavy atom. The maximum atomic E-state index is 13.9. The van der Waals surface area contributed by atoms with E-state index in [1.807, 2.05) is 6.08 Å². The number of carboxylic acids is 1. The summed E-state index contributed by atoms with van der Waals surface area (Å²) in [5.74, 6) is -3.65. The summed E-state index contributed by atoms with van der Waals surface area (Å²) in [7, 11) is 0. The summed E-state index contributed by atoms with van der Waals surface area (Å²) >= 11 is 0. The van der Waals surface area contributed by atoms with Crippen molar-refractivity contribution < 1.29 is 37.0 Å². The number of hydrogen-bond acceptors (Lipinski definition) is 5. The van der Waals surface area contributed by atoms with Crippen molar-refractivity contribution in [1.29, 1.82) is 0 Å². The first-order chi connectivity index (χ1) is 13.9. The SMILES string of the molecule is C[C@@](O)(c1cnc(C2=CCNCC2)nc1)c1ccc(F)cc1F.O=C(O)C(F)(F)F. The number of aliphatic carboxylic acids is 1. The van der Waals surface area contributed by atoms with Gasteiger partial charge in [-0.3, -0.25) is 0 Å². The molecule has 30 heavy (non-hydrogen) atoms. The molecule has 1 aromatic carbocycles. The second kappa shape index (κ2) is 9.26. The molecule has 0 fully saturated rings. The third-order valence-corrected chi connectivity index (χ3v) is 4.26. The van der Waals surface area contributed by atoms with E-state index in [1.54, 1.807) is 0 Å². The van der Waals surface area contributed by atoms with Crippen LogP contribution in [-0.4, -0.2) is 45.4 Å². The zero-order chi connectivity index (χ0) is 22.5. The predicted molar refractivity (Wildman–Crippen MR) is 96.2 cm³/mol. The summed E-state index contributed by atoms with van der Waals surface area (Å²) in [6, 6.07) is 3.09. The number of hydrogen-bond donors (Lipinski definition) is 3. The molecular formula is C19H18F5N3O3. The molecule has 0 aliphatic carbocycles. The van der Waals surface area contributed by atoms with Crippen LogP contribution in [0, 0.1) is 11.6 Å². The molecule has 2 heterocycles. The van der Waals surface area contributed by atoms with Crippen LogP contribution in [0.3, 0.4) is 0 Å². The molecule has 1 atom stereocenters. The predicted octanol–water partition coefficient (Wildman–Crippen LogP) is 3.02. The first-order valence-electron chi connectivity index (χ1n) is 8.63. The molecule has 0 saturated carbocycles. The van der Waals surface area contributed by atoms with E-state index in [1.165, 1.54) is 25.4 Å². The van der Waals surface area contributed by atoms with E-state index >= 15 is 0 Å². The Kier molecular flexibility index (Phi) is 7.21. The van der Waals surface area contributed by atoms with Crippen LogP contribution in [0.15, 0.2) is 36.7 Å². The molecule has 1 aliphatic rings. The Bertz CT molecular complexity index is 928. The van der Waals surface area contributed by atoms with Gasteiger partial charge in [0.05, 0.1) is 0 Å². The van der Waals surface area contributed by atoms with Crippen molar-refractivity contribution in [1.82, 2.24) is 15.3 Å². The highest BCUT2D eigenvalue weighted by atomic mass is 19.4. The van der Waals surface area contributed by atoms with E-state index in [0.29, 0.717) is 11.4 Å². The number of alkyl halides is 3. The number of rotatable bonds is 3. The molecule has 1 aliphatic heterocycles. The molecule has 0 unspecified atom stereocenters. The molecule has 0 radical (unpaired) electrons. The van der Waals surface area contributed by atoms with Crippen molar-refractivity contribution in [2.45, 2.75) is 25.1 Å². The fraction of sp³-hybridized carbons (Fsp3) is 0.316. The topological polar surface area (TPSA) is 95.3 Å². The zero-order valence-electron chi connectivity index (χ0n) is 15.7. The van der Waals surface area contributed by atoms with E-state index in [4.69, 9.17) is 9.90 Å². The van der Waals surface area contributed by atoms with Crippen LogP contribution in [-0.2, 0) is 10.4 Å². The molecule has 0 saturated heterocycles. The van der Waals surface area contributed by atoms with Crippen LogP contribution < -0.4 is 5.32 Å². The maximum absolute atomic E-state index is 13.9. The highest BCUT2D eigenvalue weighted by Gasteiger charge is 2.38. The van der Waals surface area contributed by atoms with E-state index in [0.717, 1.165) is 37.2 Å². The Balaban J connectivity index is 0.000000396. The fourth-order valence-electron chi connectivity index (χ4n) is 2.61. The average molecular weight is 431 g/mol. The maximum Gasteiger partial charge on any atom is 0.490 e. The van der Waals surface area contributed by atoms with Gasteiger partial charge in [0.1, 0.15) is 17.2 Å². The number of aliphatic hydroxyl groups is 1. The molecule has 1 aromatic heterocycles. The van der Waals surface area contributed by atoms with Gasteiger partial charge in [-0.1, -0.05) is 6.08 Å². The average Bonchev–Trinajstić information content (AvgIpc) is 2.68. The van der Waals surface area contributed by atoms with Gasteiger partial charge in [0.25, 0.3) is 0 Å². The number of benzene rings is 1. The van der Waals surface area contributed by atoms with Crippen LogP contribution >= 0.6 is 0 Å². The highest BCUT2D eigenvalue weighted by Crippen LogP contribution is 2.31. The molecule has 162 valence electrons. The Hall–Kier alpha value is -2.92. The minimum absolute atomic E-state index is 0.0173. The Morgan fingerprint density at radius 2 is 1.77 bits per heavy atom. The molecule has 6 nitrogen and oxygen atoms in total. The lowest BCUT2D eigenvalue weighted by molar-refractivity contribution is -0.192. The van der Waals surface area contributed by atoms with E-state index in [9.17, 15) is 27.1 Å². The molecular weight excluding hydrogens is 413 g/mol. The van der Waals surface area contributed by atoms with Crippen LogP contribution in [0.1, 0.15) is 30.3 Å². The number of nitrogens with one attached hydrogen (secondary N) is 1. The van der Waals surface area contributed by atoms with Crippen LogP contribution in [0.2, 0.25) is 0 Å². The Morgan fingerprint density at radius 3 is 2.23 bits per heavy atom. The van der Waals surface area contributed by atoms with Crippen molar-refractivity contribution in [3.8, 4) is 0 Å². The van der Waals surface area contributed by atoms with Crippen LogP contribution in [0.5, 0.6) is 0 Å². The van der Waals surface area contributed by atoms with Gasteiger partial charge in [-0.15, -0.1) is 0 Å². The Labute approximate surface area is 168 Å². The first kappa shape index (κ1) is 23.4. The summed E-state index contributed by atoms with van der Waals surface area (Å²) < 4.78 is 58.7. The minimum atomic E-state index is -5.08. The van der Waals surface area contributed by atoms with Gasteiger partial charge in [0, 0.05) is 36.1 Å². The van der Waals surface area contributed by atoms with Gasteiger partial charge in [-0.2, -0.15) is 13.2 Å². The van der Waals surface area contributed by atoms with Gasteiger partial charge in [0.15, 0.2) is 5.82 Å². The van der Waals surface area contributed by atoms with Gasteiger partial charge in [0.2, 0.25) is 0 Å². The third kappa shape index (κ3) is 5.80. The number of halogens is 5. The number of nitrogens with zero attached hydrogens (tertiary/aromatic N) is 2. The standard InChI is InChI=1S/C17H17F2N3O.C2HF3O2/c1-17(23,14-3-2-13(18)8-15(14)19)12-9-21-16(22-10-12)11-4-6-20-7-5-11;3-2(4,5)1(6)7/h2-4,8-10,20,23H,5-7H2,1H3;(H,6,7)/t17-;/m1./s1. The smallest absolute Gasteiger partial charge is 0.475 e. The minimum Gasteiger partial charge on any atom is -0.475 e.